The van der Waals surface area contributed by atoms with E-state index in [0.717, 1.165) is 18.7 Å². The van der Waals surface area contributed by atoms with E-state index in [9.17, 15) is 0 Å². The number of aromatic nitrogens is 2. The van der Waals surface area contributed by atoms with Crippen molar-refractivity contribution < 1.29 is 0 Å². The zero-order valence-corrected chi connectivity index (χ0v) is 14.1. The number of nitrogens with one attached hydrogen (secondary N) is 1. The predicted octanol–water partition coefficient (Wildman–Crippen LogP) is 4.77. The zero-order valence-electron chi connectivity index (χ0n) is 14.1. The Morgan fingerprint density at radius 3 is 2.29 bits per heavy atom. The molecule has 0 saturated carbocycles. The molecule has 0 atom stereocenters. The first-order valence-electron chi connectivity index (χ1n) is 7.89. The van der Waals surface area contributed by atoms with Crippen molar-refractivity contribution in [3.63, 3.8) is 0 Å². The van der Waals surface area contributed by atoms with E-state index in [4.69, 9.17) is 4.98 Å². The lowest BCUT2D eigenvalue weighted by Crippen LogP contribution is -2.13. The van der Waals surface area contributed by atoms with Crippen LogP contribution in [-0.2, 0) is 23.7 Å². The van der Waals surface area contributed by atoms with E-state index in [1.807, 2.05) is 0 Å². The van der Waals surface area contributed by atoms with E-state index < -0.39 is 0 Å². The van der Waals surface area contributed by atoms with E-state index in [-0.39, 0.29) is 10.8 Å². The summed E-state index contributed by atoms with van der Waals surface area (Å²) in [6.45, 7) is 13.4. The minimum absolute atomic E-state index is 0.0723. The van der Waals surface area contributed by atoms with Gasteiger partial charge in [-0.1, -0.05) is 59.7 Å². The van der Waals surface area contributed by atoms with E-state index >= 15 is 0 Å². The van der Waals surface area contributed by atoms with E-state index in [1.165, 1.54) is 28.1 Å². The molecule has 2 nitrogen and oxygen atoms in total. The SMILES string of the molecule is CC(C)(C)c1ccc2c(c1)CCc1[nH]c(C(C)(C)C)nc1-2. The van der Waals surface area contributed by atoms with Crippen LogP contribution in [0.1, 0.15) is 64.2 Å². The number of H-pyrrole nitrogens is 1. The number of hydrogen-bond donors (Lipinski definition) is 1. The Labute approximate surface area is 128 Å². The van der Waals surface area contributed by atoms with Crippen LogP contribution in [0.4, 0.5) is 0 Å². The summed E-state index contributed by atoms with van der Waals surface area (Å²) in [5.74, 6) is 1.10. The second-order valence-electron chi connectivity index (χ2n) is 8.28. The van der Waals surface area contributed by atoms with Gasteiger partial charge in [0, 0.05) is 16.7 Å². The maximum absolute atomic E-state index is 4.90. The molecule has 1 heterocycles. The molecule has 0 unspecified atom stereocenters. The topological polar surface area (TPSA) is 28.7 Å². The molecule has 1 N–H and O–H groups in total. The largest absolute Gasteiger partial charge is 0.345 e. The Balaban J connectivity index is 2.09. The first kappa shape index (κ1) is 14.4. The van der Waals surface area contributed by atoms with Crippen molar-refractivity contribution in [1.82, 2.24) is 9.97 Å². The van der Waals surface area contributed by atoms with Gasteiger partial charge in [0.1, 0.15) is 5.82 Å². The average Bonchev–Trinajstić information content (AvgIpc) is 2.81. The van der Waals surface area contributed by atoms with Crippen LogP contribution in [0.25, 0.3) is 11.3 Å². The van der Waals surface area contributed by atoms with E-state index in [2.05, 4.69) is 64.7 Å². The van der Waals surface area contributed by atoms with Gasteiger partial charge in [0.2, 0.25) is 0 Å². The lowest BCUT2D eigenvalue weighted by Gasteiger charge is -2.23. The smallest absolute Gasteiger partial charge is 0.112 e. The molecule has 3 rings (SSSR count). The second kappa shape index (κ2) is 4.46. The van der Waals surface area contributed by atoms with Gasteiger partial charge < -0.3 is 4.98 Å². The third kappa shape index (κ3) is 2.52. The van der Waals surface area contributed by atoms with Gasteiger partial charge in [0.05, 0.1) is 5.69 Å². The quantitative estimate of drug-likeness (QED) is 0.740. The van der Waals surface area contributed by atoms with Crippen LogP contribution < -0.4 is 0 Å². The molecule has 0 spiro atoms. The fraction of sp³-hybridized carbons (Fsp3) is 0.526. The van der Waals surface area contributed by atoms with Crippen LogP contribution in [0.15, 0.2) is 18.2 Å². The molecule has 0 saturated heterocycles. The maximum Gasteiger partial charge on any atom is 0.112 e. The Hall–Kier alpha value is -1.57. The van der Waals surface area contributed by atoms with Crippen molar-refractivity contribution in [2.75, 3.05) is 0 Å². The highest BCUT2D eigenvalue weighted by molar-refractivity contribution is 5.69. The van der Waals surface area contributed by atoms with Crippen LogP contribution in [0.2, 0.25) is 0 Å². The highest BCUT2D eigenvalue weighted by atomic mass is 15.0. The summed E-state index contributed by atoms with van der Waals surface area (Å²) in [6.07, 6.45) is 2.18. The molecule has 21 heavy (non-hydrogen) atoms. The molecule has 0 amide bonds. The minimum Gasteiger partial charge on any atom is -0.345 e. The van der Waals surface area contributed by atoms with Gasteiger partial charge in [0.25, 0.3) is 0 Å². The first-order valence-corrected chi connectivity index (χ1v) is 7.89. The summed E-state index contributed by atoms with van der Waals surface area (Å²) in [5, 5.41) is 0. The molecule has 1 aromatic heterocycles. The van der Waals surface area contributed by atoms with Crippen LogP contribution >= 0.6 is 0 Å². The van der Waals surface area contributed by atoms with Gasteiger partial charge in [0.15, 0.2) is 0 Å². The highest BCUT2D eigenvalue weighted by Crippen LogP contribution is 2.36. The number of rotatable bonds is 0. The fourth-order valence-electron chi connectivity index (χ4n) is 2.93. The third-order valence-electron chi connectivity index (χ3n) is 4.36. The lowest BCUT2D eigenvalue weighted by molar-refractivity contribution is 0.551. The Bertz CT molecular complexity index is 679. The number of aromatic amines is 1. The molecule has 1 aromatic carbocycles. The van der Waals surface area contributed by atoms with Crippen molar-refractivity contribution in [2.45, 2.75) is 65.2 Å². The summed E-state index contributed by atoms with van der Waals surface area (Å²) in [5.41, 5.74) is 6.92. The first-order chi connectivity index (χ1) is 9.66. The molecule has 0 radical (unpaired) electrons. The van der Waals surface area contributed by atoms with Crippen molar-refractivity contribution in [3.8, 4) is 11.3 Å². The van der Waals surface area contributed by atoms with Crippen molar-refractivity contribution in [1.29, 1.82) is 0 Å². The highest BCUT2D eigenvalue weighted by Gasteiger charge is 2.26. The fourth-order valence-corrected chi connectivity index (χ4v) is 2.93. The van der Waals surface area contributed by atoms with Crippen molar-refractivity contribution in [3.05, 3.63) is 40.8 Å². The molecule has 1 aliphatic rings. The number of imidazole rings is 1. The molecule has 112 valence electrons. The number of aryl methyl sites for hydroxylation is 2. The van der Waals surface area contributed by atoms with Gasteiger partial charge in [-0.25, -0.2) is 4.98 Å². The van der Waals surface area contributed by atoms with E-state index in [1.54, 1.807) is 0 Å². The van der Waals surface area contributed by atoms with Gasteiger partial charge in [-0.3, -0.25) is 0 Å². The molecular formula is C19H26N2. The zero-order chi connectivity index (χ0) is 15.4. The standard InChI is InChI=1S/C19H26N2/c1-18(2,3)13-8-9-14-12(11-13)7-10-15-16(14)21-17(20-15)19(4,5)6/h8-9,11H,7,10H2,1-6H3,(H,20,21). The van der Waals surface area contributed by atoms with Gasteiger partial charge in [-0.05, 0) is 29.4 Å². The average molecular weight is 282 g/mol. The third-order valence-corrected chi connectivity index (χ3v) is 4.36. The maximum atomic E-state index is 4.90. The van der Waals surface area contributed by atoms with Crippen LogP contribution in [0.5, 0.6) is 0 Å². The molecule has 2 heteroatoms. The summed E-state index contributed by atoms with van der Waals surface area (Å²) < 4.78 is 0. The van der Waals surface area contributed by atoms with Crippen LogP contribution in [0.3, 0.4) is 0 Å². The Morgan fingerprint density at radius 2 is 1.67 bits per heavy atom. The Morgan fingerprint density at radius 1 is 0.952 bits per heavy atom. The minimum atomic E-state index is 0.0723. The molecular weight excluding hydrogens is 256 g/mol. The number of fused-ring (bicyclic) bond motifs is 3. The molecule has 0 fully saturated rings. The summed E-state index contributed by atoms with van der Waals surface area (Å²) >= 11 is 0. The predicted molar refractivity (Wildman–Crippen MR) is 88.8 cm³/mol. The lowest BCUT2D eigenvalue weighted by atomic mass is 9.82. The van der Waals surface area contributed by atoms with Crippen LogP contribution in [0, 0.1) is 0 Å². The number of nitrogens with zero attached hydrogens (tertiary/aromatic N) is 1. The monoisotopic (exact) mass is 282 g/mol. The summed E-state index contributed by atoms with van der Waals surface area (Å²) in [7, 11) is 0. The second-order valence-corrected chi connectivity index (χ2v) is 8.28. The molecule has 0 bridgehead atoms. The van der Waals surface area contributed by atoms with E-state index in [0.29, 0.717) is 0 Å². The van der Waals surface area contributed by atoms with Gasteiger partial charge >= 0.3 is 0 Å². The van der Waals surface area contributed by atoms with Gasteiger partial charge in [-0.2, -0.15) is 0 Å². The number of benzene rings is 1. The molecule has 1 aliphatic carbocycles. The number of hydrogen-bond acceptors (Lipinski definition) is 1. The molecule has 2 aromatic rings. The van der Waals surface area contributed by atoms with Crippen molar-refractivity contribution >= 4 is 0 Å². The van der Waals surface area contributed by atoms with Crippen LogP contribution in [-0.4, -0.2) is 9.97 Å². The molecule has 0 aliphatic heterocycles. The summed E-state index contributed by atoms with van der Waals surface area (Å²) in [6, 6.07) is 6.91. The summed E-state index contributed by atoms with van der Waals surface area (Å²) in [4.78, 5) is 8.45. The Kier molecular flexibility index (Phi) is 3.05. The van der Waals surface area contributed by atoms with Crippen molar-refractivity contribution in [2.24, 2.45) is 0 Å². The normalized spacial score (nSPS) is 14.8. The van der Waals surface area contributed by atoms with Gasteiger partial charge in [-0.15, -0.1) is 0 Å².